The van der Waals surface area contributed by atoms with E-state index in [0.29, 0.717) is 33.1 Å². The van der Waals surface area contributed by atoms with Gasteiger partial charge in [0.1, 0.15) is 5.75 Å². The topological polar surface area (TPSA) is 81.4 Å². The highest BCUT2D eigenvalue weighted by Gasteiger charge is 2.15. The summed E-state index contributed by atoms with van der Waals surface area (Å²) in [5.41, 5.74) is 1.31. The minimum absolute atomic E-state index is 0.257. The fourth-order valence-corrected chi connectivity index (χ4v) is 3.44. The summed E-state index contributed by atoms with van der Waals surface area (Å²) < 4.78 is 6.97. The Morgan fingerprint density at radius 2 is 2.04 bits per heavy atom. The van der Waals surface area contributed by atoms with Crippen LogP contribution in [0.3, 0.4) is 0 Å². The number of benzene rings is 2. The number of fused-ring (bicyclic) bond motifs is 1. The first kappa shape index (κ1) is 17.4. The van der Waals surface area contributed by atoms with Crippen molar-refractivity contribution in [2.24, 2.45) is 0 Å². The third-order valence-corrected chi connectivity index (χ3v) is 4.77. The summed E-state index contributed by atoms with van der Waals surface area (Å²) in [5, 5.41) is 16.5. The van der Waals surface area contributed by atoms with E-state index in [1.807, 2.05) is 19.1 Å². The van der Waals surface area contributed by atoms with Crippen molar-refractivity contribution in [3.63, 3.8) is 0 Å². The maximum absolute atomic E-state index is 12.4. The zero-order valence-electron chi connectivity index (χ0n) is 14.2. The Morgan fingerprint density at radius 1 is 1.22 bits per heavy atom. The van der Waals surface area contributed by atoms with Crippen LogP contribution in [0.4, 0.5) is 5.13 Å². The van der Waals surface area contributed by atoms with Crippen molar-refractivity contribution in [2.45, 2.75) is 6.92 Å². The monoisotopic (exact) mass is 399 g/mol. The molecule has 0 saturated heterocycles. The molecule has 2 aromatic heterocycles. The first-order valence-corrected chi connectivity index (χ1v) is 9.36. The second-order valence-electron chi connectivity index (χ2n) is 5.55. The van der Waals surface area contributed by atoms with Gasteiger partial charge in [0.05, 0.1) is 6.61 Å². The van der Waals surface area contributed by atoms with Crippen molar-refractivity contribution >= 4 is 38.9 Å². The number of nitrogens with one attached hydrogen (secondary N) is 1. The minimum Gasteiger partial charge on any atom is -0.494 e. The van der Waals surface area contributed by atoms with Crippen LogP contribution in [0, 0.1) is 0 Å². The van der Waals surface area contributed by atoms with E-state index in [9.17, 15) is 4.79 Å². The highest BCUT2D eigenvalue weighted by atomic mass is 35.5. The normalized spacial score (nSPS) is 10.9. The third kappa shape index (κ3) is 3.62. The summed E-state index contributed by atoms with van der Waals surface area (Å²) in [6.07, 6.45) is 0. The number of amides is 1. The average molecular weight is 400 g/mol. The van der Waals surface area contributed by atoms with Crippen LogP contribution in [0.25, 0.3) is 16.3 Å². The maximum Gasteiger partial charge on any atom is 0.257 e. The number of ether oxygens (including phenoxy) is 1. The zero-order chi connectivity index (χ0) is 18.8. The van der Waals surface area contributed by atoms with Gasteiger partial charge in [-0.1, -0.05) is 35.1 Å². The van der Waals surface area contributed by atoms with E-state index < -0.39 is 0 Å². The van der Waals surface area contributed by atoms with Gasteiger partial charge in [0, 0.05) is 16.1 Å². The number of hydrogen-bond acceptors (Lipinski definition) is 6. The quantitative estimate of drug-likeness (QED) is 0.545. The second-order valence-corrected chi connectivity index (χ2v) is 6.94. The molecule has 0 atom stereocenters. The van der Waals surface area contributed by atoms with Gasteiger partial charge in [-0.15, -0.1) is 15.3 Å². The molecular weight excluding hydrogens is 386 g/mol. The number of hydrogen-bond donors (Lipinski definition) is 1. The number of carbonyl (C=O) groups is 1. The van der Waals surface area contributed by atoms with Crippen molar-refractivity contribution in [2.75, 3.05) is 11.9 Å². The van der Waals surface area contributed by atoms with Crippen LogP contribution in [-0.2, 0) is 0 Å². The van der Waals surface area contributed by atoms with Crippen molar-refractivity contribution in [3.8, 4) is 17.1 Å². The summed E-state index contributed by atoms with van der Waals surface area (Å²) in [7, 11) is 0. The van der Waals surface area contributed by atoms with Crippen LogP contribution in [0.15, 0.2) is 48.5 Å². The summed E-state index contributed by atoms with van der Waals surface area (Å²) >= 11 is 7.28. The van der Waals surface area contributed by atoms with E-state index in [0.717, 1.165) is 11.3 Å². The Balaban J connectivity index is 1.57. The predicted molar refractivity (Wildman–Crippen MR) is 105 cm³/mol. The molecule has 0 fully saturated rings. The Morgan fingerprint density at radius 3 is 2.78 bits per heavy atom. The molecule has 2 aromatic carbocycles. The molecule has 0 unspecified atom stereocenters. The van der Waals surface area contributed by atoms with Gasteiger partial charge in [0.2, 0.25) is 10.1 Å². The van der Waals surface area contributed by atoms with Crippen molar-refractivity contribution in [3.05, 3.63) is 59.1 Å². The average Bonchev–Trinajstić information content (AvgIpc) is 3.22. The Labute approximate surface area is 163 Å². The highest BCUT2D eigenvalue weighted by Crippen LogP contribution is 2.26. The molecule has 9 heteroatoms. The lowest BCUT2D eigenvalue weighted by Gasteiger charge is -2.04. The van der Waals surface area contributed by atoms with Crippen LogP contribution in [0.1, 0.15) is 17.3 Å². The van der Waals surface area contributed by atoms with E-state index in [1.165, 1.54) is 11.3 Å². The van der Waals surface area contributed by atoms with Crippen LogP contribution >= 0.6 is 22.9 Å². The highest BCUT2D eigenvalue weighted by molar-refractivity contribution is 7.20. The van der Waals surface area contributed by atoms with Gasteiger partial charge in [0.15, 0.2) is 5.82 Å². The summed E-state index contributed by atoms with van der Waals surface area (Å²) in [6, 6.07) is 14.2. The molecule has 2 heterocycles. The molecule has 0 spiro atoms. The van der Waals surface area contributed by atoms with Crippen LogP contribution in [0.5, 0.6) is 5.75 Å². The van der Waals surface area contributed by atoms with Crippen LogP contribution in [0.2, 0.25) is 5.02 Å². The molecule has 0 aliphatic rings. The molecule has 1 N–H and O–H groups in total. The summed E-state index contributed by atoms with van der Waals surface area (Å²) in [4.78, 5) is 13.0. The molecule has 27 heavy (non-hydrogen) atoms. The van der Waals surface area contributed by atoms with Gasteiger partial charge in [-0.05, 0) is 43.3 Å². The molecule has 0 saturated carbocycles. The van der Waals surface area contributed by atoms with E-state index in [-0.39, 0.29) is 5.91 Å². The van der Waals surface area contributed by atoms with Crippen molar-refractivity contribution < 1.29 is 9.53 Å². The predicted octanol–water partition coefficient (Wildman–Crippen LogP) is 4.16. The van der Waals surface area contributed by atoms with Gasteiger partial charge < -0.3 is 4.74 Å². The molecule has 1 amide bonds. The lowest BCUT2D eigenvalue weighted by atomic mass is 10.2. The molecule has 7 nitrogen and oxygen atoms in total. The standard InChI is InChI=1S/C18H14ClN5O2S/c1-2-26-14-8-6-11(7-9-14)16(25)20-17-23-24-15(21-22-18(24)27-17)12-4-3-5-13(19)10-12/h3-10H,2H2,1H3,(H,20,23,25). The van der Waals surface area contributed by atoms with E-state index >= 15 is 0 Å². The smallest absolute Gasteiger partial charge is 0.257 e. The number of nitrogens with zero attached hydrogens (tertiary/aromatic N) is 4. The molecule has 0 bridgehead atoms. The fraction of sp³-hybridized carbons (Fsp3) is 0.111. The number of anilines is 1. The lowest BCUT2D eigenvalue weighted by molar-refractivity contribution is 0.102. The molecule has 136 valence electrons. The Hall–Kier alpha value is -2.97. The number of carbonyl (C=O) groups excluding carboxylic acids is 1. The third-order valence-electron chi connectivity index (χ3n) is 3.72. The fourth-order valence-electron chi connectivity index (χ4n) is 2.51. The van der Waals surface area contributed by atoms with Crippen molar-refractivity contribution in [1.29, 1.82) is 0 Å². The van der Waals surface area contributed by atoms with Gasteiger partial charge in [-0.3, -0.25) is 10.1 Å². The molecule has 4 rings (SSSR count). The van der Waals surface area contributed by atoms with Gasteiger partial charge in [0.25, 0.3) is 5.91 Å². The molecule has 0 aliphatic heterocycles. The minimum atomic E-state index is -0.257. The summed E-state index contributed by atoms with van der Waals surface area (Å²) in [6.45, 7) is 2.49. The van der Waals surface area contributed by atoms with Crippen molar-refractivity contribution in [1.82, 2.24) is 19.8 Å². The molecular formula is C18H14ClN5O2S. The zero-order valence-corrected chi connectivity index (χ0v) is 15.8. The second kappa shape index (κ2) is 7.34. The largest absolute Gasteiger partial charge is 0.494 e. The number of halogens is 1. The number of rotatable bonds is 5. The summed E-state index contributed by atoms with van der Waals surface area (Å²) in [5.74, 6) is 1.02. The Kier molecular flexibility index (Phi) is 4.74. The first-order chi connectivity index (χ1) is 13.1. The van der Waals surface area contributed by atoms with Gasteiger partial charge in [-0.25, -0.2) is 0 Å². The lowest BCUT2D eigenvalue weighted by Crippen LogP contribution is -2.12. The molecule has 0 aliphatic carbocycles. The van der Waals surface area contributed by atoms with Crippen LogP contribution in [-0.4, -0.2) is 32.3 Å². The van der Waals surface area contributed by atoms with E-state index in [2.05, 4.69) is 20.6 Å². The van der Waals surface area contributed by atoms with Crippen LogP contribution < -0.4 is 10.1 Å². The Bertz CT molecular complexity index is 1110. The molecule has 0 radical (unpaired) electrons. The van der Waals surface area contributed by atoms with E-state index in [1.54, 1.807) is 40.9 Å². The van der Waals surface area contributed by atoms with E-state index in [4.69, 9.17) is 16.3 Å². The molecule has 4 aromatic rings. The number of aromatic nitrogens is 4. The van der Waals surface area contributed by atoms with Gasteiger partial charge >= 0.3 is 0 Å². The maximum atomic E-state index is 12.4. The van der Waals surface area contributed by atoms with Gasteiger partial charge in [-0.2, -0.15) is 4.52 Å². The first-order valence-electron chi connectivity index (χ1n) is 8.16. The SMILES string of the molecule is CCOc1ccc(C(=O)Nc2nn3c(-c4cccc(Cl)c4)nnc3s2)cc1.